The highest BCUT2D eigenvalue weighted by molar-refractivity contribution is 6.10. The zero-order valence-electron chi connectivity index (χ0n) is 13.4. The monoisotopic (exact) mass is 325 g/mol. The van der Waals surface area contributed by atoms with E-state index in [9.17, 15) is 4.79 Å². The highest BCUT2D eigenvalue weighted by atomic mass is 16.4. The fourth-order valence-corrected chi connectivity index (χ4v) is 2.69. The summed E-state index contributed by atoms with van der Waals surface area (Å²) in [7, 11) is 0. The van der Waals surface area contributed by atoms with E-state index in [1.807, 2.05) is 78.9 Å². The molecule has 0 saturated heterocycles. The molecule has 0 N–H and O–H groups in total. The van der Waals surface area contributed by atoms with Crippen LogP contribution in [0.25, 0.3) is 22.7 Å². The van der Waals surface area contributed by atoms with Crippen LogP contribution in [0.15, 0.2) is 95.4 Å². The summed E-state index contributed by atoms with van der Waals surface area (Å²) in [6, 6.07) is 28.3. The molecule has 0 aliphatic rings. The summed E-state index contributed by atoms with van der Waals surface area (Å²) in [5.41, 5.74) is 2.84. The van der Waals surface area contributed by atoms with Gasteiger partial charge in [-0.2, -0.15) is 0 Å². The summed E-state index contributed by atoms with van der Waals surface area (Å²) in [5, 5.41) is 0. The van der Waals surface area contributed by atoms with Gasteiger partial charge < -0.3 is 4.42 Å². The van der Waals surface area contributed by atoms with Gasteiger partial charge in [-0.1, -0.05) is 78.9 Å². The van der Waals surface area contributed by atoms with Gasteiger partial charge >= 0.3 is 0 Å². The van der Waals surface area contributed by atoms with Crippen molar-refractivity contribution in [3.05, 3.63) is 102 Å². The second-order valence-corrected chi connectivity index (χ2v) is 5.62. The number of hydrogen-bond acceptors (Lipinski definition) is 3. The molecule has 0 unspecified atom stereocenters. The van der Waals surface area contributed by atoms with Gasteiger partial charge in [0.1, 0.15) is 5.69 Å². The standard InChI is InChI=1S/C22H15NO2/c24-20(17-12-6-2-7-13-17)21-19(16-10-4-1-5-11-16)23-22(25-21)18-14-8-3-9-15-18/h1-15H. The summed E-state index contributed by atoms with van der Waals surface area (Å²) in [6.07, 6.45) is 0. The van der Waals surface area contributed by atoms with Gasteiger partial charge in [0, 0.05) is 16.7 Å². The van der Waals surface area contributed by atoms with Gasteiger partial charge in [0.25, 0.3) is 0 Å². The zero-order chi connectivity index (χ0) is 17.1. The van der Waals surface area contributed by atoms with Gasteiger partial charge in [-0.25, -0.2) is 4.98 Å². The van der Waals surface area contributed by atoms with Crippen LogP contribution < -0.4 is 0 Å². The Morgan fingerprint density at radius 3 is 1.80 bits per heavy atom. The molecule has 3 heteroatoms. The van der Waals surface area contributed by atoms with Crippen LogP contribution in [0, 0.1) is 0 Å². The van der Waals surface area contributed by atoms with Crippen molar-refractivity contribution in [2.24, 2.45) is 0 Å². The molecular formula is C22H15NO2. The molecule has 0 saturated carbocycles. The van der Waals surface area contributed by atoms with Crippen molar-refractivity contribution in [2.45, 2.75) is 0 Å². The number of ketones is 1. The Kier molecular flexibility index (Phi) is 3.97. The first kappa shape index (κ1) is 15.1. The lowest BCUT2D eigenvalue weighted by atomic mass is 10.0. The minimum absolute atomic E-state index is 0.172. The largest absolute Gasteiger partial charge is 0.432 e. The molecule has 4 rings (SSSR count). The van der Waals surface area contributed by atoms with Gasteiger partial charge in [-0.3, -0.25) is 4.79 Å². The van der Waals surface area contributed by atoms with Crippen molar-refractivity contribution in [1.29, 1.82) is 0 Å². The van der Waals surface area contributed by atoms with E-state index in [1.54, 1.807) is 12.1 Å². The van der Waals surface area contributed by atoms with Crippen molar-refractivity contribution in [2.75, 3.05) is 0 Å². The maximum absolute atomic E-state index is 13.0. The third kappa shape index (κ3) is 3.00. The van der Waals surface area contributed by atoms with Gasteiger partial charge in [0.2, 0.25) is 17.4 Å². The normalized spacial score (nSPS) is 10.6. The van der Waals surface area contributed by atoms with Crippen LogP contribution >= 0.6 is 0 Å². The van der Waals surface area contributed by atoms with Gasteiger partial charge in [0.05, 0.1) is 0 Å². The molecule has 0 aliphatic heterocycles. The second-order valence-electron chi connectivity index (χ2n) is 5.62. The third-order valence-corrected chi connectivity index (χ3v) is 3.94. The first-order valence-corrected chi connectivity index (χ1v) is 8.04. The number of oxazole rings is 1. The van der Waals surface area contributed by atoms with E-state index in [2.05, 4.69) is 4.98 Å². The molecule has 1 aromatic heterocycles. The van der Waals surface area contributed by atoms with E-state index in [4.69, 9.17) is 4.42 Å². The fraction of sp³-hybridized carbons (Fsp3) is 0. The summed E-state index contributed by atoms with van der Waals surface area (Å²) in [4.78, 5) is 17.6. The second kappa shape index (κ2) is 6.57. The lowest BCUT2D eigenvalue weighted by Crippen LogP contribution is -2.01. The Morgan fingerprint density at radius 1 is 0.680 bits per heavy atom. The van der Waals surface area contributed by atoms with E-state index < -0.39 is 0 Å². The molecule has 3 aromatic carbocycles. The van der Waals surface area contributed by atoms with Gasteiger partial charge in [0.15, 0.2) is 0 Å². The quantitative estimate of drug-likeness (QED) is 0.482. The summed E-state index contributed by atoms with van der Waals surface area (Å²) >= 11 is 0. The van der Waals surface area contributed by atoms with Crippen LogP contribution in [0.1, 0.15) is 16.1 Å². The lowest BCUT2D eigenvalue weighted by molar-refractivity contribution is 0.101. The van der Waals surface area contributed by atoms with Crippen LogP contribution in [0.2, 0.25) is 0 Å². The molecule has 3 nitrogen and oxygen atoms in total. The van der Waals surface area contributed by atoms with Gasteiger partial charge in [-0.05, 0) is 12.1 Å². The summed E-state index contributed by atoms with van der Waals surface area (Å²) in [5.74, 6) is 0.532. The first-order valence-electron chi connectivity index (χ1n) is 8.04. The SMILES string of the molecule is O=C(c1ccccc1)c1oc(-c2ccccc2)nc1-c1ccccc1. The maximum Gasteiger partial charge on any atom is 0.230 e. The lowest BCUT2D eigenvalue weighted by Gasteiger charge is -2.00. The van der Waals surface area contributed by atoms with Crippen LogP contribution in [-0.4, -0.2) is 10.8 Å². The van der Waals surface area contributed by atoms with Gasteiger partial charge in [-0.15, -0.1) is 0 Å². The molecular weight excluding hydrogens is 310 g/mol. The molecule has 120 valence electrons. The molecule has 0 amide bonds. The predicted octanol–water partition coefficient (Wildman–Crippen LogP) is 5.24. The molecule has 0 bridgehead atoms. The molecule has 4 aromatic rings. The number of hydrogen-bond donors (Lipinski definition) is 0. The van der Waals surface area contributed by atoms with Crippen molar-refractivity contribution in [3.8, 4) is 22.7 Å². The number of rotatable bonds is 4. The smallest absolute Gasteiger partial charge is 0.230 e. The average molecular weight is 325 g/mol. The highest BCUT2D eigenvalue weighted by Gasteiger charge is 2.23. The van der Waals surface area contributed by atoms with Crippen LogP contribution in [-0.2, 0) is 0 Å². The van der Waals surface area contributed by atoms with Crippen LogP contribution in [0.3, 0.4) is 0 Å². The number of aromatic nitrogens is 1. The van der Waals surface area contributed by atoms with E-state index >= 15 is 0 Å². The number of benzene rings is 3. The van der Waals surface area contributed by atoms with Crippen molar-refractivity contribution < 1.29 is 9.21 Å². The molecule has 0 aliphatic carbocycles. The molecule has 0 atom stereocenters. The summed E-state index contributed by atoms with van der Waals surface area (Å²) < 4.78 is 5.91. The van der Waals surface area contributed by atoms with Crippen molar-refractivity contribution in [3.63, 3.8) is 0 Å². The van der Waals surface area contributed by atoms with E-state index in [0.29, 0.717) is 17.1 Å². The zero-order valence-corrected chi connectivity index (χ0v) is 13.4. The van der Waals surface area contributed by atoms with E-state index in [-0.39, 0.29) is 11.5 Å². The molecule has 0 spiro atoms. The molecule has 25 heavy (non-hydrogen) atoms. The predicted molar refractivity (Wildman–Crippen MR) is 97.2 cm³/mol. The van der Waals surface area contributed by atoms with Crippen LogP contribution in [0.5, 0.6) is 0 Å². The summed E-state index contributed by atoms with van der Waals surface area (Å²) in [6.45, 7) is 0. The Morgan fingerprint density at radius 2 is 1.20 bits per heavy atom. The average Bonchev–Trinajstić information content (AvgIpc) is 3.15. The fourth-order valence-electron chi connectivity index (χ4n) is 2.69. The minimum atomic E-state index is -0.172. The Balaban J connectivity index is 1.87. The Hall–Kier alpha value is -3.46. The third-order valence-electron chi connectivity index (χ3n) is 3.94. The minimum Gasteiger partial charge on any atom is -0.432 e. The van der Waals surface area contributed by atoms with E-state index in [1.165, 1.54) is 0 Å². The molecule has 0 radical (unpaired) electrons. The topological polar surface area (TPSA) is 43.1 Å². The Bertz CT molecular complexity index is 990. The number of carbonyl (C=O) groups is 1. The number of nitrogens with zero attached hydrogens (tertiary/aromatic N) is 1. The molecule has 0 fully saturated rings. The Labute approximate surface area is 145 Å². The maximum atomic E-state index is 13.0. The van der Waals surface area contributed by atoms with Crippen molar-refractivity contribution >= 4 is 5.78 Å². The van der Waals surface area contributed by atoms with Crippen LogP contribution in [0.4, 0.5) is 0 Å². The van der Waals surface area contributed by atoms with E-state index in [0.717, 1.165) is 11.1 Å². The molecule has 1 heterocycles. The first-order chi connectivity index (χ1) is 12.3. The van der Waals surface area contributed by atoms with Crippen molar-refractivity contribution in [1.82, 2.24) is 4.98 Å². The highest BCUT2D eigenvalue weighted by Crippen LogP contribution is 2.30. The number of carbonyl (C=O) groups excluding carboxylic acids is 1.